The van der Waals surface area contributed by atoms with E-state index in [9.17, 15) is 4.79 Å². The second-order valence-electron chi connectivity index (χ2n) is 2.66. The average Bonchev–Trinajstić information content (AvgIpc) is 2.04. The van der Waals surface area contributed by atoms with Crippen molar-refractivity contribution in [2.75, 3.05) is 27.4 Å². The van der Waals surface area contributed by atoms with Crippen molar-refractivity contribution >= 4 is 5.91 Å². The molecule has 0 saturated heterocycles. The summed E-state index contributed by atoms with van der Waals surface area (Å²) in [4.78, 5) is 10.8. The summed E-state index contributed by atoms with van der Waals surface area (Å²) in [5.74, 6) is -0.394. The van der Waals surface area contributed by atoms with Crippen molar-refractivity contribution in [3.8, 4) is 0 Å². The van der Waals surface area contributed by atoms with Gasteiger partial charge >= 0.3 is 0 Å². The molecule has 4 heteroatoms. The zero-order chi connectivity index (χ0) is 9.40. The molecule has 72 valence electrons. The predicted octanol–water partition coefficient (Wildman–Crippen LogP) is 0.161. The first-order valence-electron chi connectivity index (χ1n) is 3.99. The summed E-state index contributed by atoms with van der Waals surface area (Å²) in [5.41, 5.74) is 5.17. The highest BCUT2D eigenvalue weighted by Gasteiger charge is 2.13. The molecule has 0 aromatic heterocycles. The number of hydrogen-bond acceptors (Lipinski definition) is 3. The lowest BCUT2D eigenvalue weighted by Gasteiger charge is -2.11. The first kappa shape index (κ1) is 11.4. The van der Waals surface area contributed by atoms with Gasteiger partial charge in [0.25, 0.3) is 0 Å². The standard InChI is InChI=1S/C8H17NO3/c1-11-5-3-7(8(9)10)4-6-12-2/h7H,3-6H2,1-2H3,(H2,9,10). The van der Waals surface area contributed by atoms with E-state index < -0.39 is 0 Å². The van der Waals surface area contributed by atoms with Crippen LogP contribution >= 0.6 is 0 Å². The highest BCUT2D eigenvalue weighted by molar-refractivity contribution is 5.76. The number of carbonyl (C=O) groups excluding carboxylic acids is 1. The maximum absolute atomic E-state index is 10.8. The maximum Gasteiger partial charge on any atom is 0.220 e. The summed E-state index contributed by atoms with van der Waals surface area (Å²) < 4.78 is 9.71. The minimum Gasteiger partial charge on any atom is -0.385 e. The molecule has 0 rings (SSSR count). The Morgan fingerprint density at radius 1 is 1.25 bits per heavy atom. The van der Waals surface area contributed by atoms with Gasteiger partial charge in [0.15, 0.2) is 0 Å². The molecule has 0 aliphatic heterocycles. The van der Waals surface area contributed by atoms with E-state index in [0.29, 0.717) is 26.1 Å². The smallest absolute Gasteiger partial charge is 0.220 e. The molecule has 12 heavy (non-hydrogen) atoms. The topological polar surface area (TPSA) is 61.6 Å². The van der Waals surface area contributed by atoms with Crippen molar-refractivity contribution in [3.63, 3.8) is 0 Å². The third-order valence-corrected chi connectivity index (χ3v) is 1.74. The highest BCUT2D eigenvalue weighted by atomic mass is 16.5. The molecule has 0 aliphatic rings. The fraction of sp³-hybridized carbons (Fsp3) is 0.875. The largest absolute Gasteiger partial charge is 0.385 e. The molecule has 4 nitrogen and oxygen atoms in total. The van der Waals surface area contributed by atoms with Crippen LogP contribution in [0.5, 0.6) is 0 Å². The van der Waals surface area contributed by atoms with E-state index in [1.165, 1.54) is 0 Å². The number of rotatable bonds is 7. The normalized spacial score (nSPS) is 10.6. The number of carbonyl (C=O) groups is 1. The molecule has 0 atom stereocenters. The van der Waals surface area contributed by atoms with Gasteiger partial charge in [-0.05, 0) is 12.8 Å². The molecule has 0 spiro atoms. The van der Waals surface area contributed by atoms with E-state index in [4.69, 9.17) is 15.2 Å². The summed E-state index contributed by atoms with van der Waals surface area (Å²) in [6.07, 6.45) is 1.35. The molecule has 0 aromatic carbocycles. The Hall–Kier alpha value is -0.610. The lowest BCUT2D eigenvalue weighted by atomic mass is 10.0. The Bertz CT molecular complexity index is 119. The summed E-state index contributed by atoms with van der Waals surface area (Å²) >= 11 is 0. The second kappa shape index (κ2) is 7.06. The molecule has 2 N–H and O–H groups in total. The number of primary amides is 1. The molecule has 1 amide bonds. The summed E-state index contributed by atoms with van der Waals surface area (Å²) in [5, 5.41) is 0. The van der Waals surface area contributed by atoms with Gasteiger partial charge in [0.05, 0.1) is 0 Å². The predicted molar refractivity (Wildman–Crippen MR) is 45.7 cm³/mol. The van der Waals surface area contributed by atoms with E-state index in [2.05, 4.69) is 0 Å². The van der Waals surface area contributed by atoms with Crippen LogP contribution in [0.25, 0.3) is 0 Å². The van der Waals surface area contributed by atoms with Crippen LogP contribution in [0.2, 0.25) is 0 Å². The highest BCUT2D eigenvalue weighted by Crippen LogP contribution is 2.07. The SMILES string of the molecule is COCCC(CCOC)C(N)=O. The Morgan fingerprint density at radius 2 is 1.67 bits per heavy atom. The lowest BCUT2D eigenvalue weighted by molar-refractivity contribution is -0.122. The molecular weight excluding hydrogens is 158 g/mol. The molecular formula is C8H17NO3. The molecule has 0 bridgehead atoms. The van der Waals surface area contributed by atoms with Crippen molar-refractivity contribution in [2.24, 2.45) is 11.7 Å². The number of ether oxygens (including phenoxy) is 2. The van der Waals surface area contributed by atoms with Crippen LogP contribution in [0, 0.1) is 5.92 Å². The van der Waals surface area contributed by atoms with Crippen molar-refractivity contribution < 1.29 is 14.3 Å². The van der Waals surface area contributed by atoms with Crippen LogP contribution in [0.15, 0.2) is 0 Å². The Labute approximate surface area is 73.0 Å². The van der Waals surface area contributed by atoms with Gasteiger partial charge in [-0.2, -0.15) is 0 Å². The third-order valence-electron chi connectivity index (χ3n) is 1.74. The van der Waals surface area contributed by atoms with Gasteiger partial charge in [-0.25, -0.2) is 0 Å². The second-order valence-corrected chi connectivity index (χ2v) is 2.66. The van der Waals surface area contributed by atoms with E-state index in [1.807, 2.05) is 0 Å². The quantitative estimate of drug-likeness (QED) is 0.599. The van der Waals surface area contributed by atoms with E-state index in [-0.39, 0.29) is 11.8 Å². The van der Waals surface area contributed by atoms with E-state index >= 15 is 0 Å². The van der Waals surface area contributed by atoms with Crippen molar-refractivity contribution in [1.82, 2.24) is 0 Å². The minimum atomic E-state index is -0.274. The van der Waals surface area contributed by atoms with Gasteiger partial charge in [-0.3, -0.25) is 4.79 Å². The monoisotopic (exact) mass is 175 g/mol. The van der Waals surface area contributed by atoms with Gasteiger partial charge in [-0.15, -0.1) is 0 Å². The summed E-state index contributed by atoms with van der Waals surface area (Å²) in [6, 6.07) is 0. The van der Waals surface area contributed by atoms with E-state index in [0.717, 1.165) is 0 Å². The fourth-order valence-corrected chi connectivity index (χ4v) is 0.949. The first-order chi connectivity index (χ1) is 5.72. The van der Waals surface area contributed by atoms with Crippen LogP contribution in [0.4, 0.5) is 0 Å². The van der Waals surface area contributed by atoms with Crippen molar-refractivity contribution in [1.29, 1.82) is 0 Å². The number of hydrogen-bond donors (Lipinski definition) is 1. The molecule has 0 aliphatic carbocycles. The van der Waals surface area contributed by atoms with Crippen LogP contribution in [-0.4, -0.2) is 33.3 Å². The first-order valence-corrected chi connectivity index (χ1v) is 3.99. The van der Waals surface area contributed by atoms with Crippen LogP contribution < -0.4 is 5.73 Å². The number of amides is 1. The van der Waals surface area contributed by atoms with Crippen molar-refractivity contribution in [2.45, 2.75) is 12.8 Å². The van der Waals surface area contributed by atoms with Gasteiger partial charge in [0.1, 0.15) is 0 Å². The Morgan fingerprint density at radius 3 is 1.92 bits per heavy atom. The number of methoxy groups -OCH3 is 2. The fourth-order valence-electron chi connectivity index (χ4n) is 0.949. The molecule has 0 saturated carbocycles. The number of nitrogens with two attached hydrogens (primary N) is 1. The average molecular weight is 175 g/mol. The Kier molecular flexibility index (Phi) is 6.70. The van der Waals surface area contributed by atoms with Gasteiger partial charge in [0, 0.05) is 33.4 Å². The molecule has 0 unspecified atom stereocenters. The molecule has 0 fully saturated rings. The zero-order valence-corrected chi connectivity index (χ0v) is 7.71. The summed E-state index contributed by atoms with van der Waals surface area (Å²) in [7, 11) is 3.21. The zero-order valence-electron chi connectivity index (χ0n) is 7.71. The van der Waals surface area contributed by atoms with Gasteiger partial charge < -0.3 is 15.2 Å². The third kappa shape index (κ3) is 5.09. The van der Waals surface area contributed by atoms with Crippen LogP contribution in [-0.2, 0) is 14.3 Å². The molecule has 0 heterocycles. The molecule has 0 radical (unpaired) electrons. The summed E-state index contributed by atoms with van der Waals surface area (Å²) in [6.45, 7) is 1.13. The maximum atomic E-state index is 10.8. The minimum absolute atomic E-state index is 0.120. The molecule has 0 aromatic rings. The lowest BCUT2D eigenvalue weighted by Crippen LogP contribution is -2.25. The van der Waals surface area contributed by atoms with Gasteiger partial charge in [0.2, 0.25) is 5.91 Å². The van der Waals surface area contributed by atoms with Crippen LogP contribution in [0.1, 0.15) is 12.8 Å². The van der Waals surface area contributed by atoms with Crippen molar-refractivity contribution in [3.05, 3.63) is 0 Å². The van der Waals surface area contributed by atoms with E-state index in [1.54, 1.807) is 14.2 Å². The Balaban J connectivity index is 3.62. The van der Waals surface area contributed by atoms with Gasteiger partial charge in [-0.1, -0.05) is 0 Å². The van der Waals surface area contributed by atoms with Crippen LogP contribution in [0.3, 0.4) is 0 Å².